The maximum Gasteiger partial charge on any atom is 0.322 e. The average Bonchev–Trinajstić information content (AvgIpc) is 3.52. The molecule has 3 amide bonds. The third-order valence-corrected chi connectivity index (χ3v) is 7.19. The number of hydrogen-bond donors (Lipinski definition) is 1. The lowest BCUT2D eigenvalue weighted by atomic mass is 9.95. The molecule has 0 bridgehead atoms. The van der Waals surface area contributed by atoms with E-state index < -0.39 is 6.04 Å². The van der Waals surface area contributed by atoms with Crippen LogP contribution < -0.4 is 10.1 Å². The summed E-state index contributed by atoms with van der Waals surface area (Å²) in [6.07, 6.45) is 2.47. The lowest BCUT2D eigenvalue weighted by Gasteiger charge is -2.33. The molecule has 0 fully saturated rings. The van der Waals surface area contributed by atoms with Gasteiger partial charge in [-0.25, -0.2) is 4.79 Å². The topological polar surface area (TPSA) is 61.9 Å². The van der Waals surface area contributed by atoms with Gasteiger partial charge in [0, 0.05) is 18.0 Å². The van der Waals surface area contributed by atoms with Crippen molar-refractivity contribution in [1.82, 2.24) is 15.1 Å². The van der Waals surface area contributed by atoms with Gasteiger partial charge in [-0.15, -0.1) is 17.9 Å². The van der Waals surface area contributed by atoms with Gasteiger partial charge in [0.05, 0.1) is 23.9 Å². The molecule has 2 aromatic carbocycles. The standard InChI is InChI=1S/C28H27N3O3S/c1-2-14-31-24-18-30(15-13-23-12-7-16-35-23)27(32)25(24)26(29-28(31)33)21-10-6-11-22(17-21)34-19-20-8-4-3-5-9-20/h2-12,16-17,26H,1,13-15,18-19H2,(H,29,33). The summed E-state index contributed by atoms with van der Waals surface area (Å²) in [5, 5.41) is 5.08. The van der Waals surface area contributed by atoms with Gasteiger partial charge in [0.1, 0.15) is 12.4 Å². The zero-order valence-electron chi connectivity index (χ0n) is 19.4. The number of ether oxygens (including phenoxy) is 1. The molecule has 6 nitrogen and oxygen atoms in total. The summed E-state index contributed by atoms with van der Waals surface area (Å²) in [6, 6.07) is 20.9. The van der Waals surface area contributed by atoms with E-state index in [0.29, 0.717) is 37.6 Å². The zero-order chi connectivity index (χ0) is 24.2. The van der Waals surface area contributed by atoms with Gasteiger partial charge in [0.15, 0.2) is 0 Å². The summed E-state index contributed by atoms with van der Waals surface area (Å²) in [5.41, 5.74) is 3.27. The Morgan fingerprint density at radius 3 is 2.71 bits per heavy atom. The van der Waals surface area contributed by atoms with Gasteiger partial charge in [0.25, 0.3) is 5.91 Å². The van der Waals surface area contributed by atoms with E-state index in [4.69, 9.17) is 4.74 Å². The molecule has 2 aliphatic rings. The summed E-state index contributed by atoms with van der Waals surface area (Å²) in [4.78, 5) is 31.3. The molecule has 178 valence electrons. The minimum absolute atomic E-state index is 0.0359. The van der Waals surface area contributed by atoms with Gasteiger partial charge < -0.3 is 15.0 Å². The SMILES string of the molecule is C=CCN1C(=O)NC(c2cccc(OCc3ccccc3)c2)C2=C1CN(CCc1cccs1)C2=O. The number of urea groups is 1. The predicted octanol–water partition coefficient (Wildman–Crippen LogP) is 4.92. The normalized spacial score (nSPS) is 17.4. The molecule has 3 aromatic rings. The molecular weight excluding hydrogens is 458 g/mol. The van der Waals surface area contributed by atoms with Crippen LogP contribution in [0.4, 0.5) is 4.79 Å². The first kappa shape index (κ1) is 22.9. The fourth-order valence-corrected chi connectivity index (χ4v) is 5.22. The molecule has 0 saturated carbocycles. The Hall–Kier alpha value is -3.84. The highest BCUT2D eigenvalue weighted by molar-refractivity contribution is 7.09. The molecule has 7 heteroatoms. The van der Waals surface area contributed by atoms with Crippen LogP contribution in [0.3, 0.4) is 0 Å². The molecule has 0 saturated heterocycles. The highest BCUT2D eigenvalue weighted by Gasteiger charge is 2.43. The summed E-state index contributed by atoms with van der Waals surface area (Å²) in [5.74, 6) is 0.655. The van der Waals surface area contributed by atoms with Gasteiger partial charge in [-0.2, -0.15) is 0 Å². The molecule has 0 radical (unpaired) electrons. The van der Waals surface area contributed by atoms with Crippen molar-refractivity contribution in [2.24, 2.45) is 0 Å². The number of benzene rings is 2. The fraction of sp³-hybridized carbons (Fsp3) is 0.214. The third-order valence-electron chi connectivity index (χ3n) is 6.26. The van der Waals surface area contributed by atoms with E-state index in [2.05, 4.69) is 18.0 Å². The minimum Gasteiger partial charge on any atom is -0.489 e. The van der Waals surface area contributed by atoms with E-state index in [0.717, 1.165) is 23.2 Å². The molecule has 0 spiro atoms. The van der Waals surface area contributed by atoms with Crippen molar-refractivity contribution in [2.45, 2.75) is 19.1 Å². The summed E-state index contributed by atoms with van der Waals surface area (Å²) in [6.45, 7) is 5.61. The van der Waals surface area contributed by atoms with Crippen molar-refractivity contribution >= 4 is 23.3 Å². The fourth-order valence-electron chi connectivity index (χ4n) is 4.53. The number of amides is 3. The molecular formula is C28H27N3O3S. The second kappa shape index (κ2) is 10.2. The maximum absolute atomic E-state index is 13.6. The summed E-state index contributed by atoms with van der Waals surface area (Å²) in [7, 11) is 0. The Labute approximate surface area is 209 Å². The molecule has 1 N–H and O–H groups in total. The van der Waals surface area contributed by atoms with Crippen LogP contribution in [0.1, 0.15) is 22.0 Å². The number of carbonyl (C=O) groups excluding carboxylic acids is 2. The van der Waals surface area contributed by atoms with Crippen LogP contribution in [0.2, 0.25) is 0 Å². The number of nitrogens with zero attached hydrogens (tertiary/aromatic N) is 2. The number of thiophene rings is 1. The Morgan fingerprint density at radius 1 is 1.09 bits per heavy atom. The predicted molar refractivity (Wildman–Crippen MR) is 137 cm³/mol. The smallest absolute Gasteiger partial charge is 0.322 e. The van der Waals surface area contributed by atoms with Crippen LogP contribution >= 0.6 is 11.3 Å². The zero-order valence-corrected chi connectivity index (χ0v) is 20.2. The van der Waals surface area contributed by atoms with E-state index in [9.17, 15) is 9.59 Å². The monoisotopic (exact) mass is 485 g/mol. The first-order valence-corrected chi connectivity index (χ1v) is 12.5. The second-order valence-electron chi connectivity index (χ2n) is 8.54. The van der Waals surface area contributed by atoms with Gasteiger partial charge in [-0.3, -0.25) is 9.69 Å². The summed E-state index contributed by atoms with van der Waals surface area (Å²) >= 11 is 1.69. The number of nitrogens with one attached hydrogen (secondary N) is 1. The quantitative estimate of drug-likeness (QED) is 0.438. The van der Waals surface area contributed by atoms with Crippen LogP contribution in [-0.2, 0) is 17.8 Å². The van der Waals surface area contributed by atoms with Gasteiger partial charge in [0.2, 0.25) is 0 Å². The van der Waals surface area contributed by atoms with Crippen LogP contribution in [-0.4, -0.2) is 41.4 Å². The lowest BCUT2D eigenvalue weighted by molar-refractivity contribution is -0.125. The molecule has 35 heavy (non-hydrogen) atoms. The number of carbonyl (C=O) groups is 2. The highest BCUT2D eigenvalue weighted by Crippen LogP contribution is 2.37. The second-order valence-corrected chi connectivity index (χ2v) is 9.58. The summed E-state index contributed by atoms with van der Waals surface area (Å²) < 4.78 is 6.00. The van der Waals surface area contributed by atoms with E-state index in [1.807, 2.05) is 70.9 Å². The van der Waals surface area contributed by atoms with Crippen LogP contribution in [0, 0.1) is 0 Å². The van der Waals surface area contributed by atoms with E-state index in [1.165, 1.54) is 4.88 Å². The number of rotatable bonds is 9. The third kappa shape index (κ3) is 4.86. The Morgan fingerprint density at radius 2 is 1.94 bits per heavy atom. The van der Waals surface area contributed by atoms with Crippen molar-refractivity contribution in [3.63, 3.8) is 0 Å². The lowest BCUT2D eigenvalue weighted by Crippen LogP contribution is -2.47. The van der Waals surface area contributed by atoms with Crippen LogP contribution in [0.15, 0.2) is 96.0 Å². The van der Waals surface area contributed by atoms with E-state index in [-0.39, 0.29) is 11.9 Å². The van der Waals surface area contributed by atoms with Crippen molar-refractivity contribution in [2.75, 3.05) is 19.6 Å². The largest absolute Gasteiger partial charge is 0.489 e. The Kier molecular flexibility index (Phi) is 6.68. The van der Waals surface area contributed by atoms with Crippen molar-refractivity contribution < 1.29 is 14.3 Å². The van der Waals surface area contributed by atoms with E-state index in [1.54, 1.807) is 22.3 Å². The first-order chi connectivity index (χ1) is 17.1. The molecule has 0 aliphatic carbocycles. The molecule has 5 rings (SSSR count). The minimum atomic E-state index is -0.530. The Bertz CT molecular complexity index is 1250. The van der Waals surface area contributed by atoms with Crippen molar-refractivity contribution in [3.05, 3.63) is 112 Å². The van der Waals surface area contributed by atoms with Crippen LogP contribution in [0.5, 0.6) is 5.75 Å². The number of hydrogen-bond acceptors (Lipinski definition) is 4. The highest BCUT2D eigenvalue weighted by atomic mass is 32.1. The van der Waals surface area contributed by atoms with Crippen molar-refractivity contribution in [1.29, 1.82) is 0 Å². The van der Waals surface area contributed by atoms with Gasteiger partial charge >= 0.3 is 6.03 Å². The average molecular weight is 486 g/mol. The first-order valence-electron chi connectivity index (χ1n) is 11.6. The molecule has 1 atom stereocenters. The van der Waals surface area contributed by atoms with Gasteiger partial charge in [-0.1, -0.05) is 54.6 Å². The van der Waals surface area contributed by atoms with E-state index >= 15 is 0 Å². The molecule has 2 aliphatic heterocycles. The van der Waals surface area contributed by atoms with Gasteiger partial charge in [-0.05, 0) is 41.1 Å². The molecule has 1 unspecified atom stereocenters. The molecule has 3 heterocycles. The van der Waals surface area contributed by atoms with Crippen molar-refractivity contribution in [3.8, 4) is 5.75 Å². The molecule has 1 aromatic heterocycles. The van der Waals surface area contributed by atoms with Crippen LogP contribution in [0.25, 0.3) is 0 Å². The maximum atomic E-state index is 13.6. The Balaban J connectivity index is 1.39.